The van der Waals surface area contributed by atoms with Crippen molar-refractivity contribution in [2.45, 2.75) is 57.0 Å². The summed E-state index contributed by atoms with van der Waals surface area (Å²) in [4.78, 5) is 4.88. The normalized spacial score (nSPS) is 34.0. The van der Waals surface area contributed by atoms with Crippen molar-refractivity contribution >= 4 is 0 Å². The van der Waals surface area contributed by atoms with E-state index >= 15 is 0 Å². The smallest absolute Gasteiger partial charge is 0.115 e. The topological polar surface area (TPSA) is 43.8 Å². The molecule has 2 aromatic rings. The van der Waals surface area contributed by atoms with Gasteiger partial charge in [-0.25, -0.2) is 4.98 Å². The molecule has 6 rings (SSSR count). The van der Waals surface area contributed by atoms with Crippen LogP contribution in [0.5, 0.6) is 0 Å². The highest BCUT2D eigenvalue weighted by atomic mass is 15.1. The van der Waals surface area contributed by atoms with Gasteiger partial charge in [0.15, 0.2) is 0 Å². The fourth-order valence-corrected chi connectivity index (χ4v) is 6.33. The number of hydrogen-bond donors (Lipinski definition) is 1. The van der Waals surface area contributed by atoms with Gasteiger partial charge in [0.25, 0.3) is 0 Å². The van der Waals surface area contributed by atoms with E-state index in [0.29, 0.717) is 12.0 Å². The van der Waals surface area contributed by atoms with Crippen molar-refractivity contribution in [1.29, 1.82) is 0 Å². The molecule has 0 unspecified atom stereocenters. The van der Waals surface area contributed by atoms with Crippen molar-refractivity contribution in [3.63, 3.8) is 0 Å². The Morgan fingerprint density at radius 3 is 2.38 bits per heavy atom. The van der Waals surface area contributed by atoms with Crippen LogP contribution in [0.3, 0.4) is 0 Å². The Morgan fingerprint density at radius 2 is 1.71 bits per heavy atom. The highest BCUT2D eigenvalue weighted by molar-refractivity contribution is 5.25. The van der Waals surface area contributed by atoms with E-state index in [2.05, 4.69) is 35.0 Å². The molecule has 3 heteroatoms. The van der Waals surface area contributed by atoms with Gasteiger partial charge >= 0.3 is 0 Å². The van der Waals surface area contributed by atoms with Crippen LogP contribution in [-0.2, 0) is 18.5 Å². The number of aromatic nitrogens is 2. The van der Waals surface area contributed by atoms with Gasteiger partial charge in [0.05, 0.1) is 0 Å². The number of nitrogens with two attached hydrogens (primary N) is 1. The van der Waals surface area contributed by atoms with Crippen LogP contribution in [0, 0.1) is 17.8 Å². The summed E-state index contributed by atoms with van der Waals surface area (Å²) in [6, 6.07) is 8.68. The van der Waals surface area contributed by atoms with E-state index in [1.54, 1.807) is 0 Å². The zero-order valence-electron chi connectivity index (χ0n) is 14.3. The summed E-state index contributed by atoms with van der Waals surface area (Å²) >= 11 is 0. The molecular weight excluding hydrogens is 294 g/mol. The van der Waals surface area contributed by atoms with Crippen LogP contribution in [0.25, 0.3) is 0 Å². The molecule has 126 valence electrons. The van der Waals surface area contributed by atoms with E-state index in [0.717, 1.165) is 24.3 Å². The van der Waals surface area contributed by atoms with Gasteiger partial charge < -0.3 is 10.3 Å². The third-order valence-corrected chi connectivity index (χ3v) is 6.81. The lowest BCUT2D eigenvalue weighted by molar-refractivity contribution is -0.0108. The standard InChI is InChI=1S/C21H27N3/c22-13-15-2-1-3-16(6-15)14-24-5-4-23-20(24)21-10-17-7-18(11-21)9-19(8-17)12-21/h1-6,17-19H,7-14,22H2. The van der Waals surface area contributed by atoms with E-state index in [1.165, 1.54) is 55.5 Å². The van der Waals surface area contributed by atoms with Crippen LogP contribution < -0.4 is 5.73 Å². The average Bonchev–Trinajstić information content (AvgIpc) is 3.03. The zero-order valence-corrected chi connectivity index (χ0v) is 14.3. The summed E-state index contributed by atoms with van der Waals surface area (Å²) < 4.78 is 2.42. The largest absolute Gasteiger partial charge is 0.330 e. The van der Waals surface area contributed by atoms with Gasteiger partial charge in [-0.15, -0.1) is 0 Å². The Balaban J connectivity index is 1.47. The lowest BCUT2D eigenvalue weighted by atomic mass is 9.49. The average molecular weight is 321 g/mol. The van der Waals surface area contributed by atoms with Gasteiger partial charge in [-0.2, -0.15) is 0 Å². The molecule has 1 heterocycles. The van der Waals surface area contributed by atoms with Crippen molar-refractivity contribution in [1.82, 2.24) is 9.55 Å². The van der Waals surface area contributed by atoms with Gasteiger partial charge in [-0.05, 0) is 67.4 Å². The van der Waals surface area contributed by atoms with Crippen molar-refractivity contribution in [3.05, 3.63) is 53.6 Å². The van der Waals surface area contributed by atoms with Gasteiger partial charge in [0.2, 0.25) is 0 Å². The number of imidazole rings is 1. The van der Waals surface area contributed by atoms with Gasteiger partial charge in [0, 0.05) is 30.9 Å². The monoisotopic (exact) mass is 321 g/mol. The minimum absolute atomic E-state index is 0.365. The first kappa shape index (κ1) is 14.7. The lowest BCUT2D eigenvalue weighted by Gasteiger charge is -2.56. The molecule has 4 aliphatic rings. The van der Waals surface area contributed by atoms with Crippen molar-refractivity contribution in [2.24, 2.45) is 23.5 Å². The predicted octanol–water partition coefficient (Wildman–Crippen LogP) is 3.86. The second-order valence-electron chi connectivity index (χ2n) is 8.60. The highest BCUT2D eigenvalue weighted by Gasteiger charge is 2.53. The molecular formula is C21H27N3. The maximum atomic E-state index is 5.81. The van der Waals surface area contributed by atoms with Gasteiger partial charge in [0.1, 0.15) is 5.82 Å². The number of hydrogen-bond acceptors (Lipinski definition) is 2. The van der Waals surface area contributed by atoms with E-state index in [1.807, 2.05) is 6.20 Å². The Hall–Kier alpha value is -1.61. The molecule has 4 bridgehead atoms. The summed E-state index contributed by atoms with van der Waals surface area (Å²) in [6.07, 6.45) is 12.8. The molecule has 0 saturated heterocycles. The molecule has 0 radical (unpaired) electrons. The number of benzene rings is 1. The summed E-state index contributed by atoms with van der Waals surface area (Å²) in [5, 5.41) is 0. The summed E-state index contributed by atoms with van der Waals surface area (Å²) in [5.74, 6) is 4.24. The molecule has 1 aromatic carbocycles. The quantitative estimate of drug-likeness (QED) is 0.929. The Morgan fingerprint density at radius 1 is 1.04 bits per heavy atom. The molecule has 3 nitrogen and oxygen atoms in total. The maximum Gasteiger partial charge on any atom is 0.115 e. The van der Waals surface area contributed by atoms with Crippen molar-refractivity contribution in [2.75, 3.05) is 0 Å². The fourth-order valence-electron chi connectivity index (χ4n) is 6.33. The minimum Gasteiger partial charge on any atom is -0.330 e. The Labute approximate surface area is 144 Å². The van der Waals surface area contributed by atoms with Crippen LogP contribution in [0.4, 0.5) is 0 Å². The fraction of sp³-hybridized carbons (Fsp3) is 0.571. The number of rotatable bonds is 4. The van der Waals surface area contributed by atoms with Crippen LogP contribution in [0.15, 0.2) is 36.7 Å². The molecule has 4 saturated carbocycles. The first-order valence-electron chi connectivity index (χ1n) is 9.53. The van der Waals surface area contributed by atoms with Crippen LogP contribution in [-0.4, -0.2) is 9.55 Å². The van der Waals surface area contributed by atoms with Gasteiger partial charge in [-0.3, -0.25) is 0 Å². The van der Waals surface area contributed by atoms with E-state index in [4.69, 9.17) is 10.7 Å². The second-order valence-corrected chi connectivity index (χ2v) is 8.60. The van der Waals surface area contributed by atoms with Gasteiger partial charge in [-0.1, -0.05) is 24.3 Å². The number of nitrogens with zero attached hydrogens (tertiary/aromatic N) is 2. The molecule has 0 atom stereocenters. The summed E-state index contributed by atoms with van der Waals surface area (Å²) in [5.41, 5.74) is 8.72. The first-order chi connectivity index (χ1) is 11.7. The Kier molecular flexibility index (Phi) is 3.34. The zero-order chi connectivity index (χ0) is 16.1. The summed E-state index contributed by atoms with van der Waals surface area (Å²) in [7, 11) is 0. The summed E-state index contributed by atoms with van der Waals surface area (Å²) in [6.45, 7) is 1.53. The third kappa shape index (κ3) is 2.33. The maximum absolute atomic E-state index is 5.81. The first-order valence-corrected chi connectivity index (χ1v) is 9.53. The molecule has 0 aliphatic heterocycles. The van der Waals surface area contributed by atoms with Crippen LogP contribution in [0.1, 0.15) is 55.5 Å². The van der Waals surface area contributed by atoms with E-state index in [-0.39, 0.29) is 0 Å². The lowest BCUT2D eigenvalue weighted by Crippen LogP contribution is -2.49. The third-order valence-electron chi connectivity index (χ3n) is 6.81. The highest BCUT2D eigenvalue weighted by Crippen LogP contribution is 2.60. The van der Waals surface area contributed by atoms with Crippen LogP contribution >= 0.6 is 0 Å². The van der Waals surface area contributed by atoms with Crippen LogP contribution in [0.2, 0.25) is 0 Å². The SMILES string of the molecule is NCc1cccc(Cn2ccnc2C23CC4CC(CC(C4)C2)C3)c1. The second kappa shape index (κ2) is 5.45. The Bertz CT molecular complexity index is 710. The van der Waals surface area contributed by atoms with Crippen molar-refractivity contribution < 1.29 is 0 Å². The van der Waals surface area contributed by atoms with E-state index < -0.39 is 0 Å². The molecule has 24 heavy (non-hydrogen) atoms. The molecule has 0 spiro atoms. The molecule has 4 aliphatic carbocycles. The molecule has 0 amide bonds. The van der Waals surface area contributed by atoms with Crippen molar-refractivity contribution in [3.8, 4) is 0 Å². The predicted molar refractivity (Wildman–Crippen MR) is 95.5 cm³/mol. The molecule has 1 aromatic heterocycles. The molecule has 4 fully saturated rings. The van der Waals surface area contributed by atoms with E-state index in [9.17, 15) is 0 Å². The molecule has 2 N–H and O–H groups in total. The minimum atomic E-state index is 0.365.